The average Bonchev–Trinajstić information content (AvgIpc) is 3.42. The molecule has 1 N–H and O–H groups in total. The Labute approximate surface area is 192 Å². The van der Waals surface area contributed by atoms with E-state index in [4.69, 9.17) is 0 Å². The quantitative estimate of drug-likeness (QED) is 0.299. The number of thioether (sulfide) groups is 1. The average molecular weight is 494 g/mol. The molecule has 4 aromatic rings. The van der Waals surface area contributed by atoms with E-state index >= 15 is 0 Å². The lowest BCUT2D eigenvalue weighted by Crippen LogP contribution is -2.14. The molecule has 170 valence electrons. The van der Waals surface area contributed by atoms with Crippen LogP contribution in [0.3, 0.4) is 0 Å². The standard InChI is InChI=1S/C20H14F4N6OS2/c21-14-4-6-15(7-5-14)30-19(27-28-29-30)32-11-17(31)26-18-25-10-16(33-18)9-12-2-1-3-13(8-12)20(22,23)24/h1-8,10H,9,11H2,(H,25,26,31). The number of tetrazole rings is 1. The molecule has 0 aliphatic rings. The number of hydrogen-bond acceptors (Lipinski definition) is 7. The molecule has 7 nitrogen and oxygen atoms in total. The van der Waals surface area contributed by atoms with E-state index in [0.29, 0.717) is 26.4 Å². The minimum Gasteiger partial charge on any atom is -0.301 e. The lowest BCUT2D eigenvalue weighted by Gasteiger charge is -2.07. The molecule has 33 heavy (non-hydrogen) atoms. The van der Waals surface area contributed by atoms with Gasteiger partial charge in [-0.2, -0.15) is 17.9 Å². The second-order valence-electron chi connectivity index (χ2n) is 6.69. The van der Waals surface area contributed by atoms with Crippen molar-refractivity contribution in [1.82, 2.24) is 25.2 Å². The van der Waals surface area contributed by atoms with Gasteiger partial charge in [0.15, 0.2) is 5.13 Å². The number of benzene rings is 2. The number of nitrogens with one attached hydrogen (secondary N) is 1. The van der Waals surface area contributed by atoms with E-state index in [2.05, 4.69) is 25.8 Å². The molecule has 0 unspecified atom stereocenters. The molecule has 4 rings (SSSR count). The molecule has 0 atom stereocenters. The van der Waals surface area contributed by atoms with Crippen molar-refractivity contribution in [3.63, 3.8) is 0 Å². The Hall–Kier alpha value is -3.32. The number of halogens is 4. The number of hydrogen-bond donors (Lipinski definition) is 1. The molecule has 2 aromatic heterocycles. The monoisotopic (exact) mass is 494 g/mol. The first-order chi connectivity index (χ1) is 15.8. The van der Waals surface area contributed by atoms with Crippen molar-refractivity contribution in [3.8, 4) is 5.69 Å². The lowest BCUT2D eigenvalue weighted by atomic mass is 10.1. The van der Waals surface area contributed by atoms with Crippen LogP contribution in [0.2, 0.25) is 0 Å². The van der Waals surface area contributed by atoms with Gasteiger partial charge in [-0.15, -0.1) is 16.4 Å². The topological polar surface area (TPSA) is 85.6 Å². The Bertz CT molecular complexity index is 1260. The molecule has 0 saturated carbocycles. The maximum atomic E-state index is 13.1. The molecular weight excluding hydrogens is 480 g/mol. The van der Waals surface area contributed by atoms with E-state index < -0.39 is 17.6 Å². The number of carbonyl (C=O) groups excluding carboxylic acids is 1. The van der Waals surface area contributed by atoms with Gasteiger partial charge >= 0.3 is 6.18 Å². The summed E-state index contributed by atoms with van der Waals surface area (Å²) in [6, 6.07) is 10.7. The van der Waals surface area contributed by atoms with E-state index in [1.807, 2.05) is 0 Å². The normalized spacial score (nSPS) is 11.5. The second kappa shape index (κ2) is 9.67. The fraction of sp³-hybridized carbons (Fsp3) is 0.150. The fourth-order valence-electron chi connectivity index (χ4n) is 2.80. The van der Waals surface area contributed by atoms with Gasteiger partial charge in [0.25, 0.3) is 0 Å². The van der Waals surface area contributed by atoms with Crippen LogP contribution in [-0.4, -0.2) is 36.9 Å². The number of rotatable bonds is 7. The summed E-state index contributed by atoms with van der Waals surface area (Å²) < 4.78 is 53.1. The summed E-state index contributed by atoms with van der Waals surface area (Å²) in [5.74, 6) is -0.755. The van der Waals surface area contributed by atoms with E-state index in [1.165, 1.54) is 52.5 Å². The van der Waals surface area contributed by atoms with Gasteiger partial charge in [0.05, 0.1) is 17.0 Å². The molecule has 0 fully saturated rings. The zero-order valence-electron chi connectivity index (χ0n) is 16.6. The van der Waals surface area contributed by atoms with Gasteiger partial charge in [-0.05, 0) is 46.3 Å². The van der Waals surface area contributed by atoms with Gasteiger partial charge in [-0.25, -0.2) is 9.37 Å². The van der Waals surface area contributed by atoms with Crippen LogP contribution in [0.25, 0.3) is 5.69 Å². The minimum atomic E-state index is -4.41. The number of nitrogens with zero attached hydrogens (tertiary/aromatic N) is 5. The summed E-state index contributed by atoms with van der Waals surface area (Å²) in [6.45, 7) is 0. The van der Waals surface area contributed by atoms with Crippen LogP contribution in [-0.2, 0) is 17.4 Å². The molecule has 2 aromatic carbocycles. The van der Waals surface area contributed by atoms with Gasteiger partial charge in [0, 0.05) is 17.5 Å². The van der Waals surface area contributed by atoms with Crippen molar-refractivity contribution in [3.05, 3.63) is 76.5 Å². The highest BCUT2D eigenvalue weighted by Gasteiger charge is 2.30. The predicted octanol–water partition coefficient (Wildman–Crippen LogP) is 4.60. The molecule has 2 heterocycles. The van der Waals surface area contributed by atoms with E-state index in [1.54, 1.807) is 6.07 Å². The number of thiazole rings is 1. The van der Waals surface area contributed by atoms with Crippen LogP contribution in [0.15, 0.2) is 59.9 Å². The molecule has 0 saturated heterocycles. The van der Waals surface area contributed by atoms with Crippen molar-refractivity contribution < 1.29 is 22.4 Å². The largest absolute Gasteiger partial charge is 0.416 e. The first-order valence-electron chi connectivity index (χ1n) is 9.36. The molecule has 0 bridgehead atoms. The third-order valence-electron chi connectivity index (χ3n) is 4.28. The summed E-state index contributed by atoms with van der Waals surface area (Å²) in [5, 5.41) is 14.6. The molecule has 0 radical (unpaired) electrons. The summed E-state index contributed by atoms with van der Waals surface area (Å²) in [5.41, 5.74) is 0.330. The summed E-state index contributed by atoms with van der Waals surface area (Å²) >= 11 is 2.26. The third-order valence-corrected chi connectivity index (χ3v) is 6.11. The minimum absolute atomic E-state index is 0.00981. The Kier molecular flexibility index (Phi) is 6.70. The molecule has 0 aliphatic heterocycles. The van der Waals surface area contributed by atoms with Crippen LogP contribution in [0.4, 0.5) is 22.7 Å². The zero-order chi connectivity index (χ0) is 23.4. The third kappa shape index (κ3) is 5.93. The first-order valence-corrected chi connectivity index (χ1v) is 11.2. The van der Waals surface area contributed by atoms with Crippen LogP contribution < -0.4 is 5.32 Å². The highest BCUT2D eigenvalue weighted by atomic mass is 32.2. The van der Waals surface area contributed by atoms with E-state index in [9.17, 15) is 22.4 Å². The number of alkyl halides is 3. The molecule has 1 amide bonds. The van der Waals surface area contributed by atoms with Crippen molar-refractivity contribution >= 4 is 34.1 Å². The Morgan fingerprint density at radius 2 is 1.94 bits per heavy atom. The molecule has 0 aliphatic carbocycles. The number of carbonyl (C=O) groups is 1. The van der Waals surface area contributed by atoms with E-state index in [-0.39, 0.29) is 18.1 Å². The van der Waals surface area contributed by atoms with Crippen LogP contribution >= 0.6 is 23.1 Å². The number of aromatic nitrogens is 5. The highest BCUT2D eigenvalue weighted by Crippen LogP contribution is 2.30. The van der Waals surface area contributed by atoms with Gasteiger partial charge in [-0.1, -0.05) is 30.0 Å². The first kappa shape index (κ1) is 22.9. The van der Waals surface area contributed by atoms with Gasteiger partial charge in [0.2, 0.25) is 11.1 Å². The zero-order valence-corrected chi connectivity index (χ0v) is 18.2. The van der Waals surface area contributed by atoms with Crippen molar-refractivity contribution in [2.24, 2.45) is 0 Å². The summed E-state index contributed by atoms with van der Waals surface area (Å²) in [4.78, 5) is 17.1. The van der Waals surface area contributed by atoms with Crippen LogP contribution in [0.1, 0.15) is 16.0 Å². The Balaban J connectivity index is 1.34. The van der Waals surface area contributed by atoms with Crippen LogP contribution in [0, 0.1) is 5.82 Å². The highest BCUT2D eigenvalue weighted by molar-refractivity contribution is 7.99. The lowest BCUT2D eigenvalue weighted by molar-refractivity contribution is -0.137. The van der Waals surface area contributed by atoms with Gasteiger partial charge < -0.3 is 5.32 Å². The van der Waals surface area contributed by atoms with Gasteiger partial charge in [-0.3, -0.25) is 4.79 Å². The van der Waals surface area contributed by atoms with Crippen LogP contribution in [0.5, 0.6) is 0 Å². The Morgan fingerprint density at radius 1 is 1.15 bits per heavy atom. The van der Waals surface area contributed by atoms with Crippen molar-refractivity contribution in [2.45, 2.75) is 17.8 Å². The molecular formula is C20H14F4N6OS2. The van der Waals surface area contributed by atoms with Crippen molar-refractivity contribution in [1.29, 1.82) is 0 Å². The Morgan fingerprint density at radius 3 is 2.70 bits per heavy atom. The molecule has 13 heteroatoms. The fourth-order valence-corrected chi connectivity index (χ4v) is 4.36. The smallest absolute Gasteiger partial charge is 0.301 e. The molecule has 0 spiro atoms. The maximum absolute atomic E-state index is 13.1. The maximum Gasteiger partial charge on any atom is 0.416 e. The van der Waals surface area contributed by atoms with E-state index in [0.717, 1.165) is 23.9 Å². The summed E-state index contributed by atoms with van der Waals surface area (Å²) in [6.07, 6.45) is -2.63. The number of amides is 1. The summed E-state index contributed by atoms with van der Waals surface area (Å²) in [7, 11) is 0. The predicted molar refractivity (Wildman–Crippen MR) is 115 cm³/mol. The van der Waals surface area contributed by atoms with Gasteiger partial charge in [0.1, 0.15) is 5.82 Å². The second-order valence-corrected chi connectivity index (χ2v) is 8.75. The SMILES string of the molecule is O=C(CSc1nnnn1-c1ccc(F)cc1)Nc1ncc(Cc2cccc(C(F)(F)F)c2)s1. The number of anilines is 1. The van der Waals surface area contributed by atoms with Crippen molar-refractivity contribution in [2.75, 3.05) is 11.1 Å².